The molecule has 0 aliphatic heterocycles. The summed E-state index contributed by atoms with van der Waals surface area (Å²) >= 11 is 1.30. The SMILES string of the molecule is CCCCSc1nnc(C(F)F)n1/N=C\c1ccccc1F. The lowest BCUT2D eigenvalue weighted by atomic mass is 10.2. The smallest absolute Gasteiger partial charge is 0.206 e. The number of thioether (sulfide) groups is 1. The fourth-order valence-electron chi connectivity index (χ4n) is 1.62. The van der Waals surface area contributed by atoms with E-state index >= 15 is 0 Å². The third-order valence-corrected chi connectivity index (χ3v) is 3.78. The fraction of sp³-hybridized carbons (Fsp3) is 0.357. The number of aromatic nitrogens is 3. The standard InChI is InChI=1S/C14H15F3N4S/c1-2-3-8-22-14-20-19-13(12(16)17)21(14)18-9-10-6-4-5-7-11(10)15/h4-7,9,12H,2-3,8H2,1H3/b18-9-. The van der Waals surface area contributed by atoms with E-state index in [1.165, 1.54) is 30.1 Å². The molecule has 0 aliphatic carbocycles. The maximum absolute atomic E-state index is 13.5. The highest BCUT2D eigenvalue weighted by molar-refractivity contribution is 7.99. The van der Waals surface area contributed by atoms with Crippen LogP contribution in [0.1, 0.15) is 37.6 Å². The fourth-order valence-corrected chi connectivity index (χ4v) is 2.60. The molecule has 1 aromatic heterocycles. The second kappa shape index (κ2) is 7.98. The molecule has 4 nitrogen and oxygen atoms in total. The van der Waals surface area contributed by atoms with Gasteiger partial charge in [-0.2, -0.15) is 9.78 Å². The van der Waals surface area contributed by atoms with Crippen molar-refractivity contribution in [2.45, 2.75) is 31.3 Å². The molecule has 0 amide bonds. The van der Waals surface area contributed by atoms with E-state index in [9.17, 15) is 13.2 Å². The van der Waals surface area contributed by atoms with Gasteiger partial charge in [0.15, 0.2) is 0 Å². The van der Waals surface area contributed by atoms with Crippen LogP contribution in [0.2, 0.25) is 0 Å². The first-order valence-electron chi connectivity index (χ1n) is 6.78. The van der Waals surface area contributed by atoms with Gasteiger partial charge in [-0.05, 0) is 12.5 Å². The van der Waals surface area contributed by atoms with Gasteiger partial charge in [0.05, 0.1) is 6.21 Å². The van der Waals surface area contributed by atoms with E-state index in [1.807, 2.05) is 6.92 Å². The molecule has 0 aliphatic rings. The molecule has 118 valence electrons. The van der Waals surface area contributed by atoms with Gasteiger partial charge in [-0.1, -0.05) is 43.3 Å². The van der Waals surface area contributed by atoms with E-state index in [0.717, 1.165) is 23.3 Å². The lowest BCUT2D eigenvalue weighted by Gasteiger charge is -2.03. The van der Waals surface area contributed by atoms with Crippen LogP contribution in [0.15, 0.2) is 34.5 Å². The number of benzene rings is 1. The van der Waals surface area contributed by atoms with Gasteiger partial charge in [0.1, 0.15) is 5.82 Å². The van der Waals surface area contributed by atoms with Gasteiger partial charge in [0, 0.05) is 11.3 Å². The van der Waals surface area contributed by atoms with Crippen molar-refractivity contribution in [1.29, 1.82) is 0 Å². The Morgan fingerprint density at radius 1 is 1.32 bits per heavy atom. The Bertz CT molecular complexity index is 643. The van der Waals surface area contributed by atoms with Crippen LogP contribution in [0, 0.1) is 5.82 Å². The van der Waals surface area contributed by atoms with Crippen LogP contribution in [0.4, 0.5) is 13.2 Å². The van der Waals surface area contributed by atoms with Crippen LogP contribution in [-0.4, -0.2) is 26.8 Å². The molecule has 0 spiro atoms. The predicted molar refractivity (Wildman–Crippen MR) is 80.0 cm³/mol. The summed E-state index contributed by atoms with van der Waals surface area (Å²) in [5.41, 5.74) is 0.209. The van der Waals surface area contributed by atoms with Gasteiger partial charge in [-0.3, -0.25) is 0 Å². The molecule has 0 saturated carbocycles. The quantitative estimate of drug-likeness (QED) is 0.436. The number of unbranched alkanes of at least 4 members (excludes halogenated alkanes) is 1. The number of halogens is 3. The van der Waals surface area contributed by atoms with Crippen molar-refractivity contribution in [3.05, 3.63) is 41.5 Å². The number of rotatable bonds is 7. The zero-order valence-electron chi connectivity index (χ0n) is 11.9. The molecule has 0 saturated heterocycles. The van der Waals surface area contributed by atoms with Gasteiger partial charge in [0.25, 0.3) is 6.43 Å². The zero-order valence-corrected chi connectivity index (χ0v) is 12.7. The van der Waals surface area contributed by atoms with Crippen LogP contribution in [0.3, 0.4) is 0 Å². The highest BCUT2D eigenvalue weighted by Gasteiger charge is 2.20. The Morgan fingerprint density at radius 2 is 2.09 bits per heavy atom. The van der Waals surface area contributed by atoms with E-state index < -0.39 is 18.1 Å². The zero-order chi connectivity index (χ0) is 15.9. The summed E-state index contributed by atoms with van der Waals surface area (Å²) in [5, 5.41) is 11.4. The summed E-state index contributed by atoms with van der Waals surface area (Å²) in [4.78, 5) is 0. The average molecular weight is 328 g/mol. The highest BCUT2D eigenvalue weighted by Crippen LogP contribution is 2.24. The highest BCUT2D eigenvalue weighted by atomic mass is 32.2. The first-order valence-corrected chi connectivity index (χ1v) is 7.77. The summed E-state index contributed by atoms with van der Waals surface area (Å²) in [6, 6.07) is 5.97. The molecule has 0 fully saturated rings. The summed E-state index contributed by atoms with van der Waals surface area (Å²) in [6.45, 7) is 2.03. The number of alkyl halides is 2. The summed E-state index contributed by atoms with van der Waals surface area (Å²) in [7, 11) is 0. The van der Waals surface area contributed by atoms with Crippen molar-refractivity contribution in [3.63, 3.8) is 0 Å². The summed E-state index contributed by atoms with van der Waals surface area (Å²) in [6.07, 6.45) is 0.305. The van der Waals surface area contributed by atoms with Crippen LogP contribution in [-0.2, 0) is 0 Å². The van der Waals surface area contributed by atoms with E-state index in [0.29, 0.717) is 0 Å². The lowest BCUT2D eigenvalue weighted by molar-refractivity contribution is 0.135. The minimum Gasteiger partial charge on any atom is -0.206 e. The van der Waals surface area contributed by atoms with E-state index in [-0.39, 0.29) is 10.7 Å². The molecule has 0 unspecified atom stereocenters. The van der Waals surface area contributed by atoms with Gasteiger partial charge in [0.2, 0.25) is 11.0 Å². The average Bonchev–Trinajstić information content (AvgIpc) is 2.90. The van der Waals surface area contributed by atoms with Crippen molar-refractivity contribution in [3.8, 4) is 0 Å². The van der Waals surface area contributed by atoms with Gasteiger partial charge < -0.3 is 0 Å². The van der Waals surface area contributed by atoms with Crippen molar-refractivity contribution in [2.24, 2.45) is 5.10 Å². The van der Waals surface area contributed by atoms with Crippen molar-refractivity contribution < 1.29 is 13.2 Å². The van der Waals surface area contributed by atoms with Crippen LogP contribution >= 0.6 is 11.8 Å². The summed E-state index contributed by atoms with van der Waals surface area (Å²) in [5.74, 6) is -0.294. The topological polar surface area (TPSA) is 43.1 Å². The molecule has 8 heteroatoms. The van der Waals surface area contributed by atoms with Gasteiger partial charge >= 0.3 is 0 Å². The molecule has 0 N–H and O–H groups in total. The van der Waals surface area contributed by atoms with E-state index in [4.69, 9.17) is 0 Å². The Hall–Kier alpha value is -1.83. The molecule has 0 bridgehead atoms. The maximum atomic E-state index is 13.5. The molecule has 0 atom stereocenters. The largest absolute Gasteiger partial charge is 0.299 e. The molecule has 22 heavy (non-hydrogen) atoms. The Labute approximate surface area is 130 Å². The Balaban J connectivity index is 2.27. The minimum atomic E-state index is -2.80. The van der Waals surface area contributed by atoms with Gasteiger partial charge in [-0.15, -0.1) is 10.2 Å². The first kappa shape index (κ1) is 16.5. The maximum Gasteiger partial charge on any atom is 0.299 e. The van der Waals surface area contributed by atoms with Crippen LogP contribution < -0.4 is 0 Å². The number of hydrogen-bond donors (Lipinski definition) is 0. The predicted octanol–water partition coefficient (Wildman–Crippen LogP) is 4.13. The third-order valence-electron chi connectivity index (χ3n) is 2.78. The van der Waals surface area contributed by atoms with Crippen molar-refractivity contribution in [1.82, 2.24) is 14.9 Å². The van der Waals surface area contributed by atoms with Crippen molar-refractivity contribution >= 4 is 18.0 Å². The minimum absolute atomic E-state index is 0.209. The monoisotopic (exact) mass is 328 g/mol. The Morgan fingerprint density at radius 3 is 2.77 bits per heavy atom. The second-order valence-corrected chi connectivity index (χ2v) is 5.48. The van der Waals surface area contributed by atoms with E-state index in [1.54, 1.807) is 12.1 Å². The molecular weight excluding hydrogens is 313 g/mol. The van der Waals surface area contributed by atoms with E-state index in [2.05, 4.69) is 15.3 Å². The Kier molecular flexibility index (Phi) is 6.00. The summed E-state index contributed by atoms with van der Waals surface area (Å²) < 4.78 is 40.4. The first-order chi connectivity index (χ1) is 10.6. The van der Waals surface area contributed by atoms with Crippen LogP contribution in [0.5, 0.6) is 0 Å². The van der Waals surface area contributed by atoms with Crippen LogP contribution in [0.25, 0.3) is 0 Å². The lowest BCUT2D eigenvalue weighted by Crippen LogP contribution is -2.01. The van der Waals surface area contributed by atoms with Crippen molar-refractivity contribution in [2.75, 3.05) is 5.75 Å². The molecule has 1 heterocycles. The number of hydrogen-bond acceptors (Lipinski definition) is 4. The molecule has 0 radical (unpaired) electrons. The normalized spacial score (nSPS) is 11.7. The van der Waals surface area contributed by atoms with Gasteiger partial charge in [-0.25, -0.2) is 13.2 Å². The molecule has 2 rings (SSSR count). The number of nitrogens with zero attached hydrogens (tertiary/aromatic N) is 4. The third kappa shape index (κ3) is 4.09. The second-order valence-electron chi connectivity index (χ2n) is 4.42. The molecule has 2 aromatic rings. The molecular formula is C14H15F3N4S. The molecule has 1 aromatic carbocycles.